The minimum Gasteiger partial charge on any atom is -0.393 e. The zero-order valence-corrected chi connectivity index (χ0v) is 10.8. The fourth-order valence-electron chi connectivity index (χ4n) is 1.63. The molecule has 106 valence electrons. The zero-order chi connectivity index (χ0) is 14.8. The van der Waals surface area contributed by atoms with Gasteiger partial charge in [-0.3, -0.25) is 10.1 Å². The summed E-state index contributed by atoms with van der Waals surface area (Å²) < 4.78 is 0. The summed E-state index contributed by atoms with van der Waals surface area (Å²) in [6.07, 6.45) is 1.32. The van der Waals surface area contributed by atoms with Crippen LogP contribution in [0, 0.1) is 10.1 Å². The number of aromatic nitrogens is 2. The third-order valence-electron chi connectivity index (χ3n) is 2.81. The lowest BCUT2D eigenvalue weighted by Gasteiger charge is -2.21. The lowest BCUT2D eigenvalue weighted by molar-refractivity contribution is -0.384. The second-order valence-electron chi connectivity index (χ2n) is 4.69. The molecule has 0 saturated heterocycles. The van der Waals surface area contributed by atoms with E-state index in [1.807, 2.05) is 0 Å². The number of benzene rings is 1. The number of aliphatic hydroxyl groups is 2. The summed E-state index contributed by atoms with van der Waals surface area (Å²) in [7, 11) is 0. The Morgan fingerprint density at radius 2 is 2.20 bits per heavy atom. The summed E-state index contributed by atoms with van der Waals surface area (Å²) in [5.74, 6) is 0.368. The molecule has 0 fully saturated rings. The lowest BCUT2D eigenvalue weighted by atomic mass is 10.1. The molecule has 0 bridgehead atoms. The van der Waals surface area contributed by atoms with Gasteiger partial charge in [-0.15, -0.1) is 0 Å². The molecular weight excluding hydrogens is 264 g/mol. The van der Waals surface area contributed by atoms with Gasteiger partial charge in [0.2, 0.25) is 0 Å². The van der Waals surface area contributed by atoms with E-state index in [0.29, 0.717) is 16.7 Å². The average molecular weight is 278 g/mol. The van der Waals surface area contributed by atoms with Gasteiger partial charge in [0.1, 0.15) is 17.7 Å². The largest absolute Gasteiger partial charge is 0.393 e. The highest BCUT2D eigenvalue weighted by Crippen LogP contribution is 2.24. The van der Waals surface area contributed by atoms with Crippen molar-refractivity contribution in [2.24, 2.45) is 0 Å². The zero-order valence-electron chi connectivity index (χ0n) is 10.8. The summed E-state index contributed by atoms with van der Waals surface area (Å²) >= 11 is 0. The maximum Gasteiger partial charge on any atom is 0.270 e. The van der Waals surface area contributed by atoms with Crippen molar-refractivity contribution < 1.29 is 15.1 Å². The number of hydrogen-bond acceptors (Lipinski definition) is 7. The van der Waals surface area contributed by atoms with Crippen molar-refractivity contribution in [3.8, 4) is 0 Å². The predicted octanol–water partition coefficient (Wildman–Crippen LogP) is 0.693. The molecule has 1 aromatic carbocycles. The van der Waals surface area contributed by atoms with Gasteiger partial charge in [-0.1, -0.05) is 0 Å². The molecule has 0 spiro atoms. The number of non-ortho nitro benzene ring substituents is 1. The number of rotatable bonds is 5. The lowest BCUT2D eigenvalue weighted by Crippen LogP contribution is -2.37. The van der Waals surface area contributed by atoms with Crippen LogP contribution in [0.4, 0.5) is 11.5 Å². The predicted molar refractivity (Wildman–Crippen MR) is 72.4 cm³/mol. The monoisotopic (exact) mass is 278 g/mol. The normalized spacial score (nSPS) is 13.9. The van der Waals surface area contributed by atoms with Crippen molar-refractivity contribution in [1.29, 1.82) is 0 Å². The maximum absolute atomic E-state index is 10.8. The molecule has 1 heterocycles. The number of aliphatic hydroxyl groups excluding tert-OH is 1. The SMILES string of the molecule is CC(O)(CO)CNc1ncnc2ccc([N+](=O)[O-])cc12. The Morgan fingerprint density at radius 1 is 1.45 bits per heavy atom. The number of fused-ring (bicyclic) bond motifs is 1. The van der Waals surface area contributed by atoms with Crippen LogP contribution in [0.1, 0.15) is 6.92 Å². The van der Waals surface area contributed by atoms with Crippen LogP contribution in [-0.4, -0.2) is 43.9 Å². The molecule has 1 unspecified atom stereocenters. The molecule has 20 heavy (non-hydrogen) atoms. The Labute approximate surface area is 114 Å². The first kappa shape index (κ1) is 14.1. The number of nitrogens with one attached hydrogen (secondary N) is 1. The Bertz CT molecular complexity index is 644. The van der Waals surface area contributed by atoms with Crippen molar-refractivity contribution in [1.82, 2.24) is 9.97 Å². The Morgan fingerprint density at radius 3 is 2.85 bits per heavy atom. The third-order valence-corrected chi connectivity index (χ3v) is 2.81. The molecule has 0 aliphatic heterocycles. The average Bonchev–Trinajstić information content (AvgIpc) is 2.44. The summed E-state index contributed by atoms with van der Waals surface area (Å²) in [4.78, 5) is 18.3. The van der Waals surface area contributed by atoms with Crippen LogP contribution in [0.3, 0.4) is 0 Å². The van der Waals surface area contributed by atoms with Gasteiger partial charge in [-0.2, -0.15) is 0 Å². The molecule has 2 aromatic rings. The molecule has 0 amide bonds. The van der Waals surface area contributed by atoms with E-state index in [1.54, 1.807) is 0 Å². The van der Waals surface area contributed by atoms with Crippen LogP contribution in [0.2, 0.25) is 0 Å². The van der Waals surface area contributed by atoms with E-state index in [1.165, 1.54) is 31.5 Å². The first-order chi connectivity index (χ1) is 9.43. The van der Waals surface area contributed by atoms with Crippen LogP contribution in [0.5, 0.6) is 0 Å². The fourth-order valence-corrected chi connectivity index (χ4v) is 1.63. The maximum atomic E-state index is 10.8. The molecular formula is C12H14N4O4. The molecule has 0 saturated carbocycles. The Balaban J connectivity index is 2.37. The van der Waals surface area contributed by atoms with Gasteiger partial charge >= 0.3 is 0 Å². The number of nitro benzene ring substituents is 1. The molecule has 1 aromatic heterocycles. The van der Waals surface area contributed by atoms with E-state index in [0.717, 1.165) is 0 Å². The van der Waals surface area contributed by atoms with Gasteiger partial charge in [0, 0.05) is 24.1 Å². The van der Waals surface area contributed by atoms with E-state index in [9.17, 15) is 15.2 Å². The molecule has 3 N–H and O–H groups in total. The molecule has 8 heteroatoms. The summed E-state index contributed by atoms with van der Waals surface area (Å²) in [5.41, 5.74) is -0.821. The van der Waals surface area contributed by atoms with Crippen LogP contribution >= 0.6 is 0 Å². The van der Waals surface area contributed by atoms with Crippen molar-refractivity contribution in [2.75, 3.05) is 18.5 Å². The van der Waals surface area contributed by atoms with Crippen LogP contribution in [0.15, 0.2) is 24.5 Å². The smallest absolute Gasteiger partial charge is 0.270 e. The molecule has 0 aliphatic carbocycles. The van der Waals surface area contributed by atoms with Crippen LogP contribution < -0.4 is 5.32 Å². The third kappa shape index (κ3) is 2.98. The van der Waals surface area contributed by atoms with Crippen molar-refractivity contribution >= 4 is 22.4 Å². The van der Waals surface area contributed by atoms with E-state index in [4.69, 9.17) is 5.11 Å². The highest BCUT2D eigenvalue weighted by Gasteiger charge is 2.19. The molecule has 0 aliphatic rings. The number of nitrogens with zero attached hydrogens (tertiary/aromatic N) is 3. The molecule has 0 radical (unpaired) electrons. The Kier molecular flexibility index (Phi) is 3.77. The van der Waals surface area contributed by atoms with Crippen LogP contribution in [0.25, 0.3) is 10.9 Å². The molecule has 2 rings (SSSR count). The van der Waals surface area contributed by atoms with E-state index < -0.39 is 17.1 Å². The minimum absolute atomic E-state index is 0.0539. The van der Waals surface area contributed by atoms with Gasteiger partial charge in [-0.25, -0.2) is 9.97 Å². The van der Waals surface area contributed by atoms with Crippen molar-refractivity contribution in [3.05, 3.63) is 34.6 Å². The van der Waals surface area contributed by atoms with Gasteiger partial charge < -0.3 is 15.5 Å². The topological polar surface area (TPSA) is 121 Å². The second kappa shape index (κ2) is 5.35. The van der Waals surface area contributed by atoms with Gasteiger partial charge in [0.05, 0.1) is 17.0 Å². The van der Waals surface area contributed by atoms with Crippen LogP contribution in [-0.2, 0) is 0 Å². The van der Waals surface area contributed by atoms with Gasteiger partial charge in [0.25, 0.3) is 5.69 Å². The first-order valence-corrected chi connectivity index (χ1v) is 5.89. The number of hydrogen-bond donors (Lipinski definition) is 3. The highest BCUT2D eigenvalue weighted by molar-refractivity contribution is 5.90. The Hall–Kier alpha value is -2.32. The summed E-state index contributed by atoms with van der Waals surface area (Å²) in [6, 6.07) is 4.26. The fraction of sp³-hybridized carbons (Fsp3) is 0.333. The second-order valence-corrected chi connectivity index (χ2v) is 4.69. The highest BCUT2D eigenvalue weighted by atomic mass is 16.6. The van der Waals surface area contributed by atoms with Gasteiger partial charge in [-0.05, 0) is 13.0 Å². The minimum atomic E-state index is -1.31. The van der Waals surface area contributed by atoms with Crippen molar-refractivity contribution in [3.63, 3.8) is 0 Å². The van der Waals surface area contributed by atoms with E-state index >= 15 is 0 Å². The number of anilines is 1. The van der Waals surface area contributed by atoms with Crippen molar-refractivity contribution in [2.45, 2.75) is 12.5 Å². The standard InChI is InChI=1S/C12H14N4O4/c1-12(18,6-17)5-13-11-9-4-8(16(19)20)2-3-10(9)14-7-15-11/h2-4,7,17-18H,5-6H2,1H3,(H,13,14,15). The first-order valence-electron chi connectivity index (χ1n) is 5.89. The summed E-state index contributed by atoms with van der Waals surface area (Å²) in [6.45, 7) is 1.10. The summed E-state index contributed by atoms with van der Waals surface area (Å²) in [5, 5.41) is 32.9. The molecule has 8 nitrogen and oxygen atoms in total. The van der Waals surface area contributed by atoms with E-state index in [-0.39, 0.29) is 12.2 Å². The quantitative estimate of drug-likeness (QED) is 0.543. The van der Waals surface area contributed by atoms with E-state index in [2.05, 4.69) is 15.3 Å². The number of nitro groups is 1. The molecule has 1 atom stereocenters. The van der Waals surface area contributed by atoms with Gasteiger partial charge in [0.15, 0.2) is 0 Å².